The molecule has 0 bridgehead atoms. The largest absolute Gasteiger partial charge is 0.316 e. The van der Waals surface area contributed by atoms with Gasteiger partial charge in [0.15, 0.2) is 0 Å². The topological polar surface area (TPSA) is 15.3 Å². The van der Waals surface area contributed by atoms with Crippen molar-refractivity contribution in [3.8, 4) is 0 Å². The first-order valence-electron chi connectivity index (χ1n) is 7.83. The van der Waals surface area contributed by atoms with E-state index in [2.05, 4.69) is 58.2 Å². The van der Waals surface area contributed by atoms with Crippen molar-refractivity contribution in [3.05, 3.63) is 33.8 Å². The number of nitrogens with one attached hydrogen (secondary N) is 1. The minimum absolute atomic E-state index is 0.327. The smallest absolute Gasteiger partial charge is 0.0359 e. The minimum atomic E-state index is 0.327. The van der Waals surface area contributed by atoms with Gasteiger partial charge in [0.1, 0.15) is 0 Å². The fourth-order valence-electron chi connectivity index (χ4n) is 4.87. The molecule has 2 nitrogen and oxygen atoms in total. The molecule has 3 aliphatic rings. The van der Waals surface area contributed by atoms with Gasteiger partial charge in [-0.25, -0.2) is 0 Å². The summed E-state index contributed by atoms with van der Waals surface area (Å²) in [5.74, 6) is 1.67. The Labute approximate surface area is 130 Å². The van der Waals surface area contributed by atoms with E-state index in [4.69, 9.17) is 0 Å². The Kier molecular flexibility index (Phi) is 3.03. The predicted molar refractivity (Wildman–Crippen MR) is 85.8 cm³/mol. The number of benzene rings is 1. The second-order valence-corrected chi connectivity index (χ2v) is 8.14. The van der Waals surface area contributed by atoms with Crippen LogP contribution in [0, 0.1) is 11.8 Å². The van der Waals surface area contributed by atoms with Crippen LogP contribution in [0.25, 0.3) is 0 Å². The second kappa shape index (κ2) is 4.56. The summed E-state index contributed by atoms with van der Waals surface area (Å²) in [5.41, 5.74) is 3.46. The van der Waals surface area contributed by atoms with Crippen LogP contribution >= 0.6 is 15.9 Å². The molecule has 1 aliphatic carbocycles. The fraction of sp³-hybridized carbons (Fsp3) is 0.647. The maximum Gasteiger partial charge on any atom is 0.0359 e. The van der Waals surface area contributed by atoms with Crippen LogP contribution in [0.4, 0.5) is 0 Å². The van der Waals surface area contributed by atoms with Crippen molar-refractivity contribution in [1.29, 1.82) is 0 Å². The standard InChI is InChI=1S/C17H23BrN2/c1-17(2)15-9-19-8-12(15)10-20(17)16-6-3-11-7-13(18)4-5-14(11)16/h4-5,7,12,15-16,19H,3,6,8-10H2,1-2H3. The third kappa shape index (κ3) is 1.83. The van der Waals surface area contributed by atoms with E-state index in [1.165, 1.54) is 36.9 Å². The van der Waals surface area contributed by atoms with E-state index in [9.17, 15) is 0 Å². The number of halogens is 1. The highest BCUT2D eigenvalue weighted by Gasteiger charge is 2.52. The summed E-state index contributed by atoms with van der Waals surface area (Å²) in [4.78, 5) is 2.81. The first-order chi connectivity index (χ1) is 9.57. The molecule has 1 N–H and O–H groups in total. The number of likely N-dealkylation sites (tertiary alicyclic amines) is 1. The first-order valence-corrected chi connectivity index (χ1v) is 8.62. The normalized spacial score (nSPS) is 35.2. The summed E-state index contributed by atoms with van der Waals surface area (Å²) < 4.78 is 1.22. The van der Waals surface area contributed by atoms with Gasteiger partial charge in [-0.3, -0.25) is 4.90 Å². The molecule has 2 fully saturated rings. The molecule has 108 valence electrons. The SMILES string of the molecule is CC1(C)C2CNCC2CN1C1CCc2cc(Br)ccc21. The van der Waals surface area contributed by atoms with Crippen LogP contribution in [-0.2, 0) is 6.42 Å². The highest BCUT2D eigenvalue weighted by Crippen LogP contribution is 2.48. The molecule has 0 aromatic heterocycles. The molecule has 3 atom stereocenters. The monoisotopic (exact) mass is 334 g/mol. The summed E-state index contributed by atoms with van der Waals surface area (Å²) >= 11 is 3.61. The molecule has 0 radical (unpaired) electrons. The van der Waals surface area contributed by atoms with Crippen molar-refractivity contribution in [2.75, 3.05) is 19.6 Å². The quantitative estimate of drug-likeness (QED) is 0.847. The van der Waals surface area contributed by atoms with Crippen LogP contribution in [0.3, 0.4) is 0 Å². The van der Waals surface area contributed by atoms with Crippen molar-refractivity contribution in [1.82, 2.24) is 10.2 Å². The van der Waals surface area contributed by atoms with Crippen molar-refractivity contribution in [2.45, 2.75) is 38.3 Å². The minimum Gasteiger partial charge on any atom is -0.316 e. The highest BCUT2D eigenvalue weighted by atomic mass is 79.9. The van der Waals surface area contributed by atoms with Crippen LogP contribution in [0.15, 0.2) is 22.7 Å². The third-order valence-corrected chi connectivity index (χ3v) is 6.44. The molecule has 2 aliphatic heterocycles. The molecule has 0 amide bonds. The number of hydrogen-bond donors (Lipinski definition) is 1. The zero-order chi connectivity index (χ0) is 13.9. The summed E-state index contributed by atoms with van der Waals surface area (Å²) in [6, 6.07) is 7.52. The lowest BCUT2D eigenvalue weighted by Gasteiger charge is -2.40. The van der Waals surface area contributed by atoms with Gasteiger partial charge in [0.2, 0.25) is 0 Å². The third-order valence-electron chi connectivity index (χ3n) is 5.95. The number of rotatable bonds is 1. The molecule has 2 heterocycles. The Morgan fingerprint density at radius 3 is 2.95 bits per heavy atom. The maximum absolute atomic E-state index is 3.61. The Morgan fingerprint density at radius 1 is 1.30 bits per heavy atom. The van der Waals surface area contributed by atoms with Gasteiger partial charge in [0, 0.05) is 29.1 Å². The van der Waals surface area contributed by atoms with E-state index < -0.39 is 0 Å². The van der Waals surface area contributed by atoms with E-state index in [-0.39, 0.29) is 0 Å². The first kappa shape index (κ1) is 13.3. The number of nitrogens with zero attached hydrogens (tertiary/aromatic N) is 1. The van der Waals surface area contributed by atoms with Crippen LogP contribution in [0.2, 0.25) is 0 Å². The second-order valence-electron chi connectivity index (χ2n) is 7.23. The summed E-state index contributed by atoms with van der Waals surface area (Å²) in [7, 11) is 0. The molecule has 4 rings (SSSR count). The highest BCUT2D eigenvalue weighted by molar-refractivity contribution is 9.10. The van der Waals surface area contributed by atoms with Gasteiger partial charge in [0.25, 0.3) is 0 Å². The van der Waals surface area contributed by atoms with Gasteiger partial charge in [-0.2, -0.15) is 0 Å². The summed E-state index contributed by atoms with van der Waals surface area (Å²) in [6.45, 7) is 8.60. The van der Waals surface area contributed by atoms with Gasteiger partial charge >= 0.3 is 0 Å². The zero-order valence-corrected chi connectivity index (χ0v) is 13.9. The Bertz CT molecular complexity index is 540. The van der Waals surface area contributed by atoms with E-state index in [0.29, 0.717) is 11.6 Å². The summed E-state index contributed by atoms with van der Waals surface area (Å²) in [5, 5.41) is 3.58. The Balaban J connectivity index is 1.67. The number of aryl methyl sites for hydroxylation is 1. The van der Waals surface area contributed by atoms with Gasteiger partial charge in [0.05, 0.1) is 0 Å². The lowest BCUT2D eigenvalue weighted by molar-refractivity contribution is 0.0888. The van der Waals surface area contributed by atoms with Crippen LogP contribution < -0.4 is 5.32 Å². The van der Waals surface area contributed by atoms with Crippen molar-refractivity contribution >= 4 is 15.9 Å². The molecule has 2 saturated heterocycles. The Morgan fingerprint density at radius 2 is 2.15 bits per heavy atom. The molecule has 20 heavy (non-hydrogen) atoms. The van der Waals surface area contributed by atoms with Gasteiger partial charge in [-0.05, 0) is 68.3 Å². The van der Waals surface area contributed by atoms with Gasteiger partial charge in [-0.15, -0.1) is 0 Å². The van der Waals surface area contributed by atoms with E-state index in [1.54, 1.807) is 11.1 Å². The molecular weight excluding hydrogens is 312 g/mol. The zero-order valence-electron chi connectivity index (χ0n) is 12.3. The van der Waals surface area contributed by atoms with Crippen molar-refractivity contribution in [2.24, 2.45) is 11.8 Å². The molecule has 0 spiro atoms. The molecule has 0 saturated carbocycles. The van der Waals surface area contributed by atoms with E-state index >= 15 is 0 Å². The van der Waals surface area contributed by atoms with E-state index in [1.807, 2.05) is 0 Å². The fourth-order valence-corrected chi connectivity index (χ4v) is 5.28. The van der Waals surface area contributed by atoms with E-state index in [0.717, 1.165) is 11.8 Å². The molecule has 3 unspecified atom stereocenters. The van der Waals surface area contributed by atoms with Crippen molar-refractivity contribution in [3.63, 3.8) is 0 Å². The van der Waals surface area contributed by atoms with Crippen LogP contribution in [0.1, 0.15) is 37.4 Å². The lowest BCUT2D eigenvalue weighted by atomic mass is 9.84. The molecule has 1 aromatic carbocycles. The average molecular weight is 335 g/mol. The maximum atomic E-state index is 3.61. The molecular formula is C17H23BrN2. The Hall–Kier alpha value is -0.380. The van der Waals surface area contributed by atoms with Gasteiger partial charge in [-0.1, -0.05) is 22.0 Å². The molecule has 3 heteroatoms. The van der Waals surface area contributed by atoms with Crippen LogP contribution in [-0.4, -0.2) is 30.1 Å². The van der Waals surface area contributed by atoms with Crippen molar-refractivity contribution < 1.29 is 0 Å². The average Bonchev–Trinajstić information content (AvgIpc) is 3.05. The predicted octanol–water partition coefficient (Wildman–Crippen LogP) is 3.37. The van der Waals surface area contributed by atoms with Gasteiger partial charge < -0.3 is 5.32 Å². The van der Waals surface area contributed by atoms with Crippen LogP contribution in [0.5, 0.6) is 0 Å². The molecule has 1 aromatic rings. The summed E-state index contributed by atoms with van der Waals surface area (Å²) in [6.07, 6.45) is 2.53. The number of hydrogen-bond acceptors (Lipinski definition) is 2. The lowest BCUT2D eigenvalue weighted by Crippen LogP contribution is -2.45. The number of fused-ring (bicyclic) bond motifs is 2.